The van der Waals surface area contributed by atoms with Crippen LogP contribution in [0.15, 0.2) is 176 Å². The molecule has 0 radical (unpaired) electrons. The topological polar surface area (TPSA) is 48.0 Å². The molecule has 0 unspecified atom stereocenters. The zero-order valence-electron chi connectivity index (χ0n) is 28.0. The molecule has 4 heterocycles. The zero-order valence-corrected chi connectivity index (χ0v) is 28.0. The normalized spacial score (nSPS) is 11.8. The number of fused-ring (bicyclic) bond motifs is 11. The van der Waals surface area contributed by atoms with Crippen molar-refractivity contribution in [1.29, 1.82) is 0 Å². The average molecular weight is 664 g/mol. The van der Waals surface area contributed by atoms with Gasteiger partial charge in [-0.05, 0) is 52.9 Å². The lowest BCUT2D eigenvalue weighted by Gasteiger charge is -2.14. The highest BCUT2D eigenvalue weighted by molar-refractivity contribution is 6.17. The van der Waals surface area contributed by atoms with Crippen LogP contribution in [0.3, 0.4) is 0 Å². The quantitative estimate of drug-likeness (QED) is 0.176. The Balaban J connectivity index is 1.25. The molecule has 0 saturated carbocycles. The summed E-state index contributed by atoms with van der Waals surface area (Å²) in [5.41, 5.74) is 12.3. The van der Waals surface area contributed by atoms with E-state index in [9.17, 15) is 0 Å². The van der Waals surface area contributed by atoms with Gasteiger partial charge in [0.15, 0.2) is 11.5 Å². The van der Waals surface area contributed by atoms with Crippen molar-refractivity contribution in [3.63, 3.8) is 0 Å². The predicted octanol–water partition coefficient (Wildman–Crippen LogP) is 11.7. The minimum atomic E-state index is 0.679. The van der Waals surface area contributed by atoms with Crippen LogP contribution in [0.4, 0.5) is 0 Å². The Morgan fingerprint density at radius 3 is 1.77 bits per heavy atom. The van der Waals surface area contributed by atoms with Crippen molar-refractivity contribution in [2.75, 3.05) is 0 Å². The molecule has 0 N–H and O–H groups in total. The van der Waals surface area contributed by atoms with Gasteiger partial charge in [0.25, 0.3) is 0 Å². The van der Waals surface area contributed by atoms with Crippen LogP contribution in [0.1, 0.15) is 0 Å². The van der Waals surface area contributed by atoms with E-state index in [0.29, 0.717) is 5.82 Å². The molecule has 0 aliphatic heterocycles. The van der Waals surface area contributed by atoms with Gasteiger partial charge in [-0.1, -0.05) is 140 Å². The van der Waals surface area contributed by atoms with Gasteiger partial charge in [0.05, 0.1) is 33.1 Å². The molecule has 7 aromatic carbocycles. The standard InChI is InChI=1S/C47H29N5/c1-4-14-30(15-5-1)33-24-27-41-38(28-33)35-20-12-13-23-40(35)51(41)34-25-26-39-42(29-34)52-46(48-39)37-22-11-10-21-36(37)43-44(31-16-6-2-7-17-31)49-45(50-47(43)52)32-18-8-3-9-19-32/h1-29H. The molecule has 5 nitrogen and oxygen atoms in total. The molecular weight excluding hydrogens is 635 g/mol. The predicted molar refractivity (Wildman–Crippen MR) is 214 cm³/mol. The van der Waals surface area contributed by atoms with Crippen LogP contribution in [0.25, 0.3) is 99.8 Å². The van der Waals surface area contributed by atoms with Gasteiger partial charge in [0.1, 0.15) is 5.65 Å². The van der Waals surface area contributed by atoms with E-state index in [-0.39, 0.29) is 0 Å². The Bertz CT molecular complexity index is 3160. The van der Waals surface area contributed by atoms with Gasteiger partial charge in [-0.15, -0.1) is 0 Å². The van der Waals surface area contributed by atoms with Crippen LogP contribution in [-0.2, 0) is 0 Å². The molecule has 242 valence electrons. The van der Waals surface area contributed by atoms with Crippen LogP contribution in [0.5, 0.6) is 0 Å². The summed E-state index contributed by atoms with van der Waals surface area (Å²) in [5, 5.41) is 5.59. The van der Waals surface area contributed by atoms with E-state index in [4.69, 9.17) is 15.0 Å². The van der Waals surface area contributed by atoms with Crippen molar-refractivity contribution in [3.8, 4) is 39.5 Å². The van der Waals surface area contributed by atoms with Gasteiger partial charge in [0, 0.05) is 33.0 Å². The highest BCUT2D eigenvalue weighted by Gasteiger charge is 2.21. The summed E-state index contributed by atoms with van der Waals surface area (Å²) in [6.07, 6.45) is 0. The number of benzene rings is 7. The van der Waals surface area contributed by atoms with E-state index < -0.39 is 0 Å². The molecule has 4 aromatic heterocycles. The van der Waals surface area contributed by atoms with Crippen molar-refractivity contribution < 1.29 is 0 Å². The smallest absolute Gasteiger partial charge is 0.162 e. The minimum Gasteiger partial charge on any atom is -0.309 e. The van der Waals surface area contributed by atoms with Crippen LogP contribution < -0.4 is 0 Å². The molecule has 0 amide bonds. The maximum Gasteiger partial charge on any atom is 0.162 e. The fourth-order valence-corrected chi connectivity index (χ4v) is 7.94. The molecule has 0 fully saturated rings. The third kappa shape index (κ3) is 4.26. The molecule has 0 atom stereocenters. The Labute approximate surface area is 298 Å². The van der Waals surface area contributed by atoms with E-state index in [1.165, 1.54) is 21.9 Å². The first-order valence-corrected chi connectivity index (χ1v) is 17.5. The summed E-state index contributed by atoms with van der Waals surface area (Å²) in [4.78, 5) is 15.9. The van der Waals surface area contributed by atoms with Crippen LogP contribution >= 0.6 is 0 Å². The van der Waals surface area contributed by atoms with E-state index in [1.54, 1.807) is 0 Å². The number of nitrogens with zero attached hydrogens (tertiary/aromatic N) is 5. The van der Waals surface area contributed by atoms with Crippen LogP contribution in [-0.4, -0.2) is 23.9 Å². The first-order chi connectivity index (χ1) is 25.8. The first-order valence-electron chi connectivity index (χ1n) is 17.5. The molecule has 11 aromatic rings. The Hall–Kier alpha value is -7.11. The van der Waals surface area contributed by atoms with Crippen LogP contribution in [0.2, 0.25) is 0 Å². The molecule has 0 bridgehead atoms. The second kappa shape index (κ2) is 11.2. The zero-order chi connectivity index (χ0) is 34.2. The largest absolute Gasteiger partial charge is 0.309 e. The van der Waals surface area contributed by atoms with E-state index in [1.807, 2.05) is 24.3 Å². The van der Waals surface area contributed by atoms with Crippen molar-refractivity contribution in [1.82, 2.24) is 23.9 Å². The van der Waals surface area contributed by atoms with Gasteiger partial charge in [-0.3, -0.25) is 4.40 Å². The Kier molecular flexibility index (Phi) is 6.18. The maximum absolute atomic E-state index is 5.37. The van der Waals surface area contributed by atoms with E-state index >= 15 is 0 Å². The number of hydrogen-bond donors (Lipinski definition) is 0. The van der Waals surface area contributed by atoms with Crippen molar-refractivity contribution in [3.05, 3.63) is 176 Å². The summed E-state index contributed by atoms with van der Waals surface area (Å²) in [6, 6.07) is 61.9. The van der Waals surface area contributed by atoms with Gasteiger partial charge in [-0.2, -0.15) is 0 Å². The lowest BCUT2D eigenvalue weighted by atomic mass is 10.0. The van der Waals surface area contributed by atoms with Gasteiger partial charge >= 0.3 is 0 Å². The number of para-hydroxylation sites is 1. The molecule has 52 heavy (non-hydrogen) atoms. The molecule has 5 heteroatoms. The molecule has 11 rings (SSSR count). The monoisotopic (exact) mass is 663 g/mol. The first kappa shape index (κ1) is 28.7. The fourth-order valence-electron chi connectivity index (χ4n) is 7.94. The summed E-state index contributed by atoms with van der Waals surface area (Å²) < 4.78 is 4.62. The van der Waals surface area contributed by atoms with Gasteiger partial charge < -0.3 is 4.57 Å². The second-order valence-electron chi connectivity index (χ2n) is 13.3. The Morgan fingerprint density at radius 1 is 0.365 bits per heavy atom. The van der Waals surface area contributed by atoms with Gasteiger partial charge in [-0.25, -0.2) is 15.0 Å². The summed E-state index contributed by atoms with van der Waals surface area (Å²) >= 11 is 0. The SMILES string of the molecule is c1ccc(-c2ccc3c(c2)c2ccccc2n3-c2ccc3nc4c5ccccc5c5c(-c6ccccc6)nc(-c6ccccc6)nc5n4c3c2)cc1. The van der Waals surface area contributed by atoms with Crippen LogP contribution in [0, 0.1) is 0 Å². The summed E-state index contributed by atoms with van der Waals surface area (Å²) in [5.74, 6) is 0.679. The summed E-state index contributed by atoms with van der Waals surface area (Å²) in [7, 11) is 0. The summed E-state index contributed by atoms with van der Waals surface area (Å²) in [6.45, 7) is 0. The third-order valence-corrected chi connectivity index (χ3v) is 10.3. The molecule has 0 aliphatic carbocycles. The molecule has 0 aliphatic rings. The molecule has 0 saturated heterocycles. The molecular formula is C47H29N5. The Morgan fingerprint density at radius 2 is 1.00 bits per heavy atom. The highest BCUT2D eigenvalue weighted by Crippen LogP contribution is 2.39. The van der Waals surface area contributed by atoms with Crippen molar-refractivity contribution in [2.24, 2.45) is 0 Å². The van der Waals surface area contributed by atoms with Crippen molar-refractivity contribution >= 4 is 60.3 Å². The maximum atomic E-state index is 5.37. The number of aromatic nitrogens is 5. The number of hydrogen-bond acceptors (Lipinski definition) is 3. The minimum absolute atomic E-state index is 0.679. The lowest BCUT2D eigenvalue weighted by Crippen LogP contribution is -2.01. The number of pyridine rings is 1. The fraction of sp³-hybridized carbons (Fsp3) is 0. The van der Waals surface area contributed by atoms with Crippen molar-refractivity contribution in [2.45, 2.75) is 0 Å². The lowest BCUT2D eigenvalue weighted by molar-refractivity contribution is 1.16. The molecule has 0 spiro atoms. The number of imidazole rings is 1. The third-order valence-electron chi connectivity index (χ3n) is 10.3. The number of rotatable bonds is 4. The van der Waals surface area contributed by atoms with Gasteiger partial charge in [0.2, 0.25) is 0 Å². The van der Waals surface area contributed by atoms with E-state index in [2.05, 4.69) is 161 Å². The highest BCUT2D eigenvalue weighted by atomic mass is 15.1. The second-order valence-corrected chi connectivity index (χ2v) is 13.3. The average Bonchev–Trinajstić information content (AvgIpc) is 3.77. The van der Waals surface area contributed by atoms with E-state index in [0.717, 1.165) is 72.0 Å².